The maximum absolute atomic E-state index is 13.4. The number of ether oxygens (including phenoxy) is 2. The molecule has 0 aromatic rings. The van der Waals surface area contributed by atoms with Gasteiger partial charge in [-0.1, -0.05) is 207 Å². The molecule has 58 heavy (non-hydrogen) atoms. The molecule has 8 heteroatoms. The van der Waals surface area contributed by atoms with Crippen LogP contribution in [0.4, 0.5) is 0 Å². The Morgan fingerprint density at radius 1 is 0.534 bits per heavy atom. The first-order valence-electron chi connectivity index (χ1n) is 25.2. The summed E-state index contributed by atoms with van der Waals surface area (Å²) in [5.74, 6) is -0.249. The van der Waals surface area contributed by atoms with Gasteiger partial charge in [0.1, 0.15) is 12.7 Å². The molecular formula is C50H94N2O6. The van der Waals surface area contributed by atoms with Gasteiger partial charge in [-0.2, -0.15) is 0 Å². The van der Waals surface area contributed by atoms with Crippen LogP contribution in [-0.4, -0.2) is 60.5 Å². The van der Waals surface area contributed by atoms with Gasteiger partial charge < -0.3 is 19.7 Å². The largest absolute Gasteiger partial charge is 0.463 e. The number of unbranched alkanes of at least 4 members (excludes halogenated alkanes) is 28. The number of nitrogens with zero attached hydrogens (tertiary/aromatic N) is 1. The fourth-order valence-electron chi connectivity index (χ4n) is 8.16. The molecule has 2 amide bonds. The Bertz CT molecular complexity index is 1000. The number of likely N-dealkylation sites (tertiary alicyclic amines) is 1. The van der Waals surface area contributed by atoms with Crippen molar-refractivity contribution in [2.75, 3.05) is 19.7 Å². The first kappa shape index (κ1) is 53.9. The van der Waals surface area contributed by atoms with Crippen molar-refractivity contribution < 1.29 is 28.7 Å². The van der Waals surface area contributed by atoms with E-state index in [1.165, 1.54) is 154 Å². The van der Waals surface area contributed by atoms with E-state index < -0.39 is 12.1 Å². The average molecular weight is 819 g/mol. The molecule has 0 saturated carbocycles. The van der Waals surface area contributed by atoms with E-state index in [-0.39, 0.29) is 43.3 Å². The molecule has 1 heterocycles. The maximum Gasteiger partial charge on any atom is 0.306 e. The zero-order chi connectivity index (χ0) is 42.3. The van der Waals surface area contributed by atoms with Crippen LogP contribution in [0.2, 0.25) is 0 Å². The van der Waals surface area contributed by atoms with Crippen molar-refractivity contribution in [3.05, 3.63) is 0 Å². The van der Waals surface area contributed by atoms with Crippen molar-refractivity contribution in [2.24, 2.45) is 5.92 Å². The van der Waals surface area contributed by atoms with E-state index in [2.05, 4.69) is 33.0 Å². The van der Waals surface area contributed by atoms with Gasteiger partial charge in [0.15, 0.2) is 0 Å². The summed E-state index contributed by atoms with van der Waals surface area (Å²) in [6, 6.07) is -0.300. The standard InChI is InChI=1S/C50H94N2O6/c1-5-7-9-11-13-15-17-19-21-23-25-27-29-31-33-35-48(54)52-42-46(58-50(56)38-37-47(53)51-40-39-44(3)4)41-45(52)43-57-49(55)36-34-32-30-28-26-24-22-20-18-16-14-12-10-8-6-2/h44-46H,5-43H2,1-4H3,(H,51,53)/t45-,46+/m0/s1. The van der Waals surface area contributed by atoms with E-state index in [1.54, 1.807) is 4.90 Å². The number of hydrogen-bond donors (Lipinski definition) is 1. The van der Waals surface area contributed by atoms with Gasteiger partial charge in [-0.15, -0.1) is 0 Å². The summed E-state index contributed by atoms with van der Waals surface area (Å²) in [6.45, 7) is 9.80. The Kier molecular flexibility index (Phi) is 36.3. The topological polar surface area (TPSA) is 102 Å². The van der Waals surface area contributed by atoms with E-state index in [4.69, 9.17) is 9.47 Å². The van der Waals surface area contributed by atoms with Gasteiger partial charge in [0.05, 0.1) is 19.0 Å². The summed E-state index contributed by atoms with van der Waals surface area (Å²) in [4.78, 5) is 52.8. The van der Waals surface area contributed by atoms with Crippen LogP contribution >= 0.6 is 0 Å². The zero-order valence-corrected chi connectivity index (χ0v) is 38.7. The minimum Gasteiger partial charge on any atom is -0.463 e. The van der Waals surface area contributed by atoms with Crippen molar-refractivity contribution in [3.8, 4) is 0 Å². The molecule has 0 bridgehead atoms. The highest BCUT2D eigenvalue weighted by Crippen LogP contribution is 2.24. The van der Waals surface area contributed by atoms with Crippen LogP contribution in [0.1, 0.15) is 259 Å². The Morgan fingerprint density at radius 2 is 0.948 bits per heavy atom. The number of esters is 2. The molecule has 0 radical (unpaired) electrons. The van der Waals surface area contributed by atoms with Gasteiger partial charge >= 0.3 is 11.9 Å². The third-order valence-electron chi connectivity index (χ3n) is 12.0. The molecule has 8 nitrogen and oxygen atoms in total. The van der Waals surface area contributed by atoms with Crippen molar-refractivity contribution >= 4 is 23.8 Å². The Morgan fingerprint density at radius 3 is 1.38 bits per heavy atom. The summed E-state index contributed by atoms with van der Waals surface area (Å²) >= 11 is 0. The summed E-state index contributed by atoms with van der Waals surface area (Å²) in [7, 11) is 0. The van der Waals surface area contributed by atoms with Gasteiger partial charge in [-0.05, 0) is 25.2 Å². The zero-order valence-electron chi connectivity index (χ0n) is 38.7. The number of rotatable bonds is 41. The Balaban J connectivity index is 2.36. The number of amides is 2. The predicted molar refractivity (Wildman–Crippen MR) is 242 cm³/mol. The van der Waals surface area contributed by atoms with Gasteiger partial charge in [0.25, 0.3) is 0 Å². The molecule has 1 N–H and O–H groups in total. The molecule has 0 spiro atoms. The normalized spacial score (nSPS) is 15.3. The summed E-state index contributed by atoms with van der Waals surface area (Å²) in [5.41, 5.74) is 0. The second-order valence-corrected chi connectivity index (χ2v) is 18.2. The quantitative estimate of drug-likeness (QED) is 0.0487. The van der Waals surface area contributed by atoms with Crippen LogP contribution in [-0.2, 0) is 28.7 Å². The lowest BCUT2D eigenvalue weighted by Crippen LogP contribution is -2.39. The molecule has 0 unspecified atom stereocenters. The molecule has 1 aliphatic rings. The highest BCUT2D eigenvalue weighted by molar-refractivity contribution is 5.81. The smallest absolute Gasteiger partial charge is 0.306 e. The summed E-state index contributed by atoms with van der Waals surface area (Å²) in [6.07, 6.45) is 40.2. The molecule has 0 aliphatic carbocycles. The van der Waals surface area contributed by atoms with E-state index in [0.29, 0.717) is 38.3 Å². The summed E-state index contributed by atoms with van der Waals surface area (Å²) < 4.78 is 11.5. The minimum atomic E-state index is -0.458. The van der Waals surface area contributed by atoms with Crippen LogP contribution < -0.4 is 5.32 Å². The maximum atomic E-state index is 13.4. The van der Waals surface area contributed by atoms with Gasteiger partial charge in [-0.3, -0.25) is 19.2 Å². The SMILES string of the molecule is CCCCCCCCCCCCCCCCCC(=O)OC[C@@H]1C[C@@H](OC(=O)CCC(=O)NCCC(C)C)CN1C(=O)CCCCCCCCCCCCCCCCC. The molecule has 1 fully saturated rings. The number of nitrogens with one attached hydrogen (secondary N) is 1. The van der Waals surface area contributed by atoms with Crippen LogP contribution in [0.3, 0.4) is 0 Å². The van der Waals surface area contributed by atoms with Crippen LogP contribution in [0, 0.1) is 5.92 Å². The highest BCUT2D eigenvalue weighted by atomic mass is 16.5. The summed E-state index contributed by atoms with van der Waals surface area (Å²) in [5, 5.41) is 2.87. The number of hydrogen-bond acceptors (Lipinski definition) is 6. The molecule has 340 valence electrons. The highest BCUT2D eigenvalue weighted by Gasteiger charge is 2.37. The van der Waals surface area contributed by atoms with Crippen molar-refractivity contribution in [2.45, 2.75) is 271 Å². The van der Waals surface area contributed by atoms with E-state index in [0.717, 1.165) is 44.9 Å². The lowest BCUT2D eigenvalue weighted by atomic mass is 10.0. The van der Waals surface area contributed by atoms with Crippen LogP contribution in [0.25, 0.3) is 0 Å². The predicted octanol–water partition coefficient (Wildman–Crippen LogP) is 13.5. The molecule has 0 aromatic carbocycles. The van der Waals surface area contributed by atoms with Gasteiger partial charge in [0, 0.05) is 32.2 Å². The van der Waals surface area contributed by atoms with E-state index in [9.17, 15) is 19.2 Å². The van der Waals surface area contributed by atoms with E-state index >= 15 is 0 Å². The monoisotopic (exact) mass is 819 g/mol. The lowest BCUT2D eigenvalue weighted by Gasteiger charge is -2.24. The van der Waals surface area contributed by atoms with Gasteiger partial charge in [0.2, 0.25) is 11.8 Å². The first-order chi connectivity index (χ1) is 28.3. The third kappa shape index (κ3) is 32.7. The van der Waals surface area contributed by atoms with E-state index in [1.807, 2.05) is 0 Å². The second-order valence-electron chi connectivity index (χ2n) is 18.2. The molecule has 1 rings (SSSR count). The van der Waals surface area contributed by atoms with Crippen LogP contribution in [0.5, 0.6) is 0 Å². The molecule has 0 aromatic heterocycles. The minimum absolute atomic E-state index is 0.00991. The fraction of sp³-hybridized carbons (Fsp3) is 0.920. The number of carbonyl (C=O) groups is 4. The van der Waals surface area contributed by atoms with Crippen LogP contribution in [0.15, 0.2) is 0 Å². The number of carbonyl (C=O) groups excluding carboxylic acids is 4. The lowest BCUT2D eigenvalue weighted by molar-refractivity contribution is -0.150. The Hall–Kier alpha value is -2.12. The van der Waals surface area contributed by atoms with Crippen molar-refractivity contribution in [1.82, 2.24) is 10.2 Å². The second kappa shape index (κ2) is 39.0. The van der Waals surface area contributed by atoms with Crippen molar-refractivity contribution in [3.63, 3.8) is 0 Å². The fourth-order valence-corrected chi connectivity index (χ4v) is 8.16. The van der Waals surface area contributed by atoms with Crippen molar-refractivity contribution in [1.29, 1.82) is 0 Å². The third-order valence-corrected chi connectivity index (χ3v) is 12.0. The van der Waals surface area contributed by atoms with Gasteiger partial charge in [-0.25, -0.2) is 0 Å². The molecule has 1 aliphatic heterocycles. The average Bonchev–Trinajstić information content (AvgIpc) is 3.61. The first-order valence-corrected chi connectivity index (χ1v) is 25.2. The Labute approximate surface area is 358 Å². The molecule has 2 atom stereocenters. The molecule has 1 saturated heterocycles. The molecular weight excluding hydrogens is 725 g/mol.